The SMILES string of the molecule is CCOC(=O)[C@@H](C#N)[C@@H](c1ccccc1)[C@@H]1CCOC(C)(C)C1. The number of nitriles is 1. The fourth-order valence-electron chi connectivity index (χ4n) is 3.51. The highest BCUT2D eigenvalue weighted by molar-refractivity contribution is 5.76. The summed E-state index contributed by atoms with van der Waals surface area (Å²) in [5, 5.41) is 9.63. The van der Waals surface area contributed by atoms with E-state index in [9.17, 15) is 10.1 Å². The number of esters is 1. The number of ether oxygens (including phenoxy) is 2. The third-order valence-corrected chi connectivity index (χ3v) is 4.47. The Hall–Kier alpha value is -1.86. The van der Waals surface area contributed by atoms with Crippen LogP contribution in [0.3, 0.4) is 0 Å². The first-order chi connectivity index (χ1) is 11.0. The van der Waals surface area contributed by atoms with Gasteiger partial charge in [-0.1, -0.05) is 30.3 Å². The van der Waals surface area contributed by atoms with Crippen LogP contribution in [0.4, 0.5) is 0 Å². The van der Waals surface area contributed by atoms with Crippen LogP contribution in [-0.4, -0.2) is 24.8 Å². The summed E-state index contributed by atoms with van der Waals surface area (Å²) in [6.07, 6.45) is 1.67. The van der Waals surface area contributed by atoms with E-state index in [4.69, 9.17) is 9.47 Å². The fourth-order valence-corrected chi connectivity index (χ4v) is 3.51. The lowest BCUT2D eigenvalue weighted by Crippen LogP contribution is -2.39. The zero-order valence-electron chi connectivity index (χ0n) is 14.1. The van der Waals surface area contributed by atoms with Crippen LogP contribution in [0.5, 0.6) is 0 Å². The Kier molecular flexibility index (Phi) is 5.79. The molecule has 23 heavy (non-hydrogen) atoms. The number of hydrogen-bond donors (Lipinski definition) is 0. The first kappa shape index (κ1) is 17.5. The molecule has 0 N–H and O–H groups in total. The largest absolute Gasteiger partial charge is 0.465 e. The Balaban J connectivity index is 2.36. The number of benzene rings is 1. The molecule has 0 amide bonds. The molecule has 4 nitrogen and oxygen atoms in total. The van der Waals surface area contributed by atoms with E-state index in [0.29, 0.717) is 6.61 Å². The van der Waals surface area contributed by atoms with Gasteiger partial charge in [0.25, 0.3) is 0 Å². The molecule has 1 saturated heterocycles. The van der Waals surface area contributed by atoms with E-state index in [1.54, 1.807) is 6.92 Å². The maximum atomic E-state index is 12.3. The quantitative estimate of drug-likeness (QED) is 0.778. The number of nitrogens with zero attached hydrogens (tertiary/aromatic N) is 1. The zero-order valence-corrected chi connectivity index (χ0v) is 14.1. The standard InChI is InChI=1S/C19H25NO3/c1-4-22-18(21)16(13-20)17(14-8-6-5-7-9-14)15-10-11-23-19(2,3)12-15/h5-9,15-17H,4,10-12H2,1-3H3/t15-,16+,17+/m1/s1. The van der Waals surface area contributed by atoms with Crippen LogP contribution in [0, 0.1) is 23.2 Å². The molecule has 0 bridgehead atoms. The highest BCUT2D eigenvalue weighted by Crippen LogP contribution is 2.42. The van der Waals surface area contributed by atoms with Crippen LogP contribution in [0.2, 0.25) is 0 Å². The van der Waals surface area contributed by atoms with Gasteiger partial charge in [0.2, 0.25) is 0 Å². The van der Waals surface area contributed by atoms with Crippen molar-refractivity contribution < 1.29 is 14.3 Å². The predicted octanol–water partition coefficient (Wildman–Crippen LogP) is 3.68. The highest BCUT2D eigenvalue weighted by Gasteiger charge is 2.41. The first-order valence-electron chi connectivity index (χ1n) is 8.23. The molecule has 0 unspecified atom stereocenters. The highest BCUT2D eigenvalue weighted by atomic mass is 16.5. The Morgan fingerprint density at radius 2 is 2.13 bits per heavy atom. The van der Waals surface area contributed by atoms with Crippen LogP contribution < -0.4 is 0 Å². The van der Waals surface area contributed by atoms with E-state index in [-0.39, 0.29) is 24.0 Å². The van der Waals surface area contributed by atoms with E-state index in [2.05, 4.69) is 19.9 Å². The third kappa shape index (κ3) is 4.33. The normalized spacial score (nSPS) is 22.6. The van der Waals surface area contributed by atoms with E-state index in [0.717, 1.165) is 18.4 Å². The van der Waals surface area contributed by atoms with Gasteiger partial charge < -0.3 is 9.47 Å². The molecule has 2 rings (SSSR count). The Morgan fingerprint density at radius 1 is 1.43 bits per heavy atom. The molecule has 1 aliphatic heterocycles. The van der Waals surface area contributed by atoms with Crippen molar-refractivity contribution in [2.45, 2.75) is 45.1 Å². The van der Waals surface area contributed by atoms with Crippen LogP contribution in [-0.2, 0) is 14.3 Å². The van der Waals surface area contributed by atoms with Crippen molar-refractivity contribution >= 4 is 5.97 Å². The lowest BCUT2D eigenvalue weighted by Gasteiger charge is -2.40. The van der Waals surface area contributed by atoms with Gasteiger partial charge >= 0.3 is 5.97 Å². The number of carbonyl (C=O) groups is 1. The van der Waals surface area contributed by atoms with Gasteiger partial charge in [0.05, 0.1) is 18.3 Å². The number of carbonyl (C=O) groups excluding carboxylic acids is 1. The van der Waals surface area contributed by atoms with Crippen molar-refractivity contribution in [2.24, 2.45) is 11.8 Å². The molecule has 4 heteroatoms. The van der Waals surface area contributed by atoms with Crippen molar-refractivity contribution in [2.75, 3.05) is 13.2 Å². The van der Waals surface area contributed by atoms with E-state index >= 15 is 0 Å². The molecule has 1 heterocycles. The van der Waals surface area contributed by atoms with E-state index in [1.165, 1.54) is 0 Å². The summed E-state index contributed by atoms with van der Waals surface area (Å²) in [5.41, 5.74) is 0.791. The second kappa shape index (κ2) is 7.61. The van der Waals surface area contributed by atoms with Gasteiger partial charge in [-0.15, -0.1) is 0 Å². The summed E-state index contributed by atoms with van der Waals surface area (Å²) in [5.74, 6) is -1.15. The second-order valence-corrected chi connectivity index (χ2v) is 6.66. The molecule has 1 fully saturated rings. The molecule has 1 aromatic rings. The van der Waals surface area contributed by atoms with Crippen molar-refractivity contribution in [1.82, 2.24) is 0 Å². The average molecular weight is 315 g/mol. The van der Waals surface area contributed by atoms with Crippen LogP contribution in [0.25, 0.3) is 0 Å². The average Bonchev–Trinajstić information content (AvgIpc) is 2.52. The number of rotatable bonds is 5. The van der Waals surface area contributed by atoms with Gasteiger partial charge in [0, 0.05) is 12.5 Å². The molecule has 0 aromatic heterocycles. The second-order valence-electron chi connectivity index (χ2n) is 6.66. The molecule has 1 aliphatic rings. The molecule has 124 valence electrons. The minimum atomic E-state index is -0.781. The fraction of sp³-hybridized carbons (Fsp3) is 0.579. The van der Waals surface area contributed by atoms with Gasteiger partial charge in [0.1, 0.15) is 0 Å². The molecule has 0 saturated carbocycles. The minimum absolute atomic E-state index is 0.163. The van der Waals surface area contributed by atoms with E-state index < -0.39 is 11.9 Å². The molecular weight excluding hydrogens is 290 g/mol. The van der Waals surface area contributed by atoms with Gasteiger partial charge in [-0.05, 0) is 45.1 Å². The summed E-state index contributed by atoms with van der Waals surface area (Å²) in [6.45, 7) is 6.83. The number of hydrogen-bond acceptors (Lipinski definition) is 4. The summed E-state index contributed by atoms with van der Waals surface area (Å²) in [7, 11) is 0. The topological polar surface area (TPSA) is 59.3 Å². The Morgan fingerprint density at radius 3 is 2.70 bits per heavy atom. The van der Waals surface area contributed by atoms with Crippen molar-refractivity contribution in [3.8, 4) is 6.07 Å². The van der Waals surface area contributed by atoms with Gasteiger partial charge in [-0.2, -0.15) is 5.26 Å². The van der Waals surface area contributed by atoms with Gasteiger partial charge in [-0.3, -0.25) is 4.79 Å². The maximum Gasteiger partial charge on any atom is 0.323 e. The molecular formula is C19H25NO3. The summed E-state index contributed by atoms with van der Waals surface area (Å²) >= 11 is 0. The predicted molar refractivity (Wildman–Crippen MR) is 87.7 cm³/mol. The van der Waals surface area contributed by atoms with Crippen molar-refractivity contribution in [3.05, 3.63) is 35.9 Å². The Labute approximate surface area is 138 Å². The molecule has 0 radical (unpaired) electrons. The lowest BCUT2D eigenvalue weighted by molar-refractivity contribution is -0.148. The summed E-state index contributed by atoms with van der Waals surface area (Å²) in [4.78, 5) is 12.3. The zero-order chi connectivity index (χ0) is 16.9. The van der Waals surface area contributed by atoms with Gasteiger partial charge in [-0.25, -0.2) is 0 Å². The smallest absolute Gasteiger partial charge is 0.323 e. The van der Waals surface area contributed by atoms with Crippen molar-refractivity contribution in [3.63, 3.8) is 0 Å². The molecule has 0 spiro atoms. The molecule has 3 atom stereocenters. The lowest BCUT2D eigenvalue weighted by atomic mass is 9.71. The third-order valence-electron chi connectivity index (χ3n) is 4.47. The monoisotopic (exact) mass is 315 g/mol. The van der Waals surface area contributed by atoms with Crippen LogP contribution >= 0.6 is 0 Å². The maximum absolute atomic E-state index is 12.3. The molecule has 0 aliphatic carbocycles. The summed E-state index contributed by atoms with van der Waals surface area (Å²) < 4.78 is 11.0. The summed E-state index contributed by atoms with van der Waals surface area (Å²) in [6, 6.07) is 12.0. The molecule has 1 aromatic carbocycles. The van der Waals surface area contributed by atoms with Crippen LogP contribution in [0.1, 0.15) is 45.1 Å². The van der Waals surface area contributed by atoms with Gasteiger partial charge in [0.15, 0.2) is 5.92 Å². The van der Waals surface area contributed by atoms with E-state index in [1.807, 2.05) is 30.3 Å². The minimum Gasteiger partial charge on any atom is -0.465 e. The van der Waals surface area contributed by atoms with Crippen LogP contribution in [0.15, 0.2) is 30.3 Å². The Bertz CT molecular complexity index is 562. The van der Waals surface area contributed by atoms with Crippen molar-refractivity contribution in [1.29, 1.82) is 5.26 Å². The first-order valence-corrected chi connectivity index (χ1v) is 8.23.